The minimum atomic E-state index is -0.915. The van der Waals surface area contributed by atoms with Gasteiger partial charge < -0.3 is 26.5 Å². The zero-order valence-electron chi connectivity index (χ0n) is 9.59. The fraction of sp³-hybridized carbons (Fsp3) is 0.750. The third kappa shape index (κ3) is 15.2. The summed E-state index contributed by atoms with van der Waals surface area (Å²) in [5.41, 5.74) is 5.27. The molecule has 0 heterocycles. The highest BCUT2D eigenvalue weighted by molar-refractivity contribution is 5.85. The molecule has 9 heteroatoms. The summed E-state index contributed by atoms with van der Waals surface area (Å²) < 4.78 is 0. The highest BCUT2D eigenvalue weighted by atomic mass is 35.5. The smallest absolute Gasteiger partial charge is 0.326 e. The van der Waals surface area contributed by atoms with Gasteiger partial charge >= 0.3 is 5.97 Å². The van der Waals surface area contributed by atoms with Crippen LogP contribution in [0.2, 0.25) is 0 Å². The molecule has 0 saturated carbocycles. The molecular weight excluding hydrogens is 273 g/mol. The lowest BCUT2D eigenvalue weighted by atomic mass is 10.1. The summed E-state index contributed by atoms with van der Waals surface area (Å²) in [6, 6.07) is -0.650. The van der Waals surface area contributed by atoms with Crippen LogP contribution < -0.4 is 11.1 Å². The van der Waals surface area contributed by atoms with Gasteiger partial charge in [-0.2, -0.15) is 0 Å². The molecule has 0 rings (SSSR count). The Morgan fingerprint density at radius 2 is 2.18 bits per heavy atom. The van der Waals surface area contributed by atoms with Gasteiger partial charge in [-0.3, -0.25) is 0 Å². The molecule has 0 radical (unpaired) electrons. The molecule has 0 aromatic rings. The highest BCUT2D eigenvalue weighted by Crippen LogP contribution is 1.95. The first-order valence-corrected chi connectivity index (χ1v) is 4.55. The van der Waals surface area contributed by atoms with E-state index in [1.807, 2.05) is 0 Å². The number of hydrogen-bond donors (Lipinski definition) is 3. The van der Waals surface area contributed by atoms with Crippen LogP contribution in [0, 0.1) is 0 Å². The highest BCUT2D eigenvalue weighted by Gasteiger charge is 2.14. The maximum Gasteiger partial charge on any atom is 0.326 e. The van der Waals surface area contributed by atoms with Crippen LogP contribution in [0.1, 0.15) is 19.8 Å². The number of hydrogen-bond acceptors (Lipinski definition) is 4. The van der Waals surface area contributed by atoms with E-state index >= 15 is 0 Å². The summed E-state index contributed by atoms with van der Waals surface area (Å²) in [7, 11) is 0. The van der Waals surface area contributed by atoms with Crippen molar-refractivity contribution < 1.29 is 20.2 Å². The summed E-state index contributed by atoms with van der Waals surface area (Å²) >= 11 is 0. The second-order valence-electron chi connectivity index (χ2n) is 2.64. The van der Waals surface area contributed by atoms with Gasteiger partial charge in [0, 0.05) is 0 Å². The largest absolute Gasteiger partial charge is 0.480 e. The Kier molecular flexibility index (Phi) is 26.1. The Hall–Kier alpha value is -0.760. The van der Waals surface area contributed by atoms with Crippen molar-refractivity contribution in [1.29, 1.82) is 0 Å². The van der Waals surface area contributed by atoms with Gasteiger partial charge in [-0.15, -0.1) is 24.8 Å². The fourth-order valence-corrected chi connectivity index (χ4v) is 0.832. The predicted molar refractivity (Wildman–Crippen MR) is 71.1 cm³/mol. The zero-order valence-corrected chi connectivity index (χ0v) is 11.2. The molecule has 0 amide bonds. The van der Waals surface area contributed by atoms with Gasteiger partial charge in [-0.25, -0.2) is 4.79 Å². The number of carboxylic acids is 1. The number of rotatable bonds is 8. The quantitative estimate of drug-likeness (QED) is 0.323. The van der Waals surface area contributed by atoms with E-state index in [0.29, 0.717) is 26.0 Å². The number of carboxylic acid groups (broad SMARTS) is 1. The van der Waals surface area contributed by atoms with Crippen LogP contribution in [0.5, 0.6) is 0 Å². The standard InChI is InChI=1S/C8H17N3O3.2ClH.H2O/c1-2-14-11-6-10-7(8(12)13)4-3-5-9;;;/h6-7H,2-5,9H2,1H3,(H,10,11)(H,12,13);2*1H;1H2/t7-;;;/m0.../s1. The molecule has 0 aromatic heterocycles. The Morgan fingerprint density at radius 1 is 1.59 bits per heavy atom. The van der Waals surface area contributed by atoms with Gasteiger partial charge in [-0.1, -0.05) is 5.16 Å². The van der Waals surface area contributed by atoms with Crippen molar-refractivity contribution in [2.45, 2.75) is 25.8 Å². The second-order valence-corrected chi connectivity index (χ2v) is 2.64. The van der Waals surface area contributed by atoms with Gasteiger partial charge in [0.2, 0.25) is 0 Å². The first kappa shape index (κ1) is 25.2. The maximum atomic E-state index is 10.7. The minimum absolute atomic E-state index is 0. The normalized spacial score (nSPS) is 10.5. The van der Waals surface area contributed by atoms with E-state index in [-0.39, 0.29) is 30.3 Å². The lowest BCUT2D eigenvalue weighted by molar-refractivity contribution is -0.139. The molecular formula is C8H21Cl2N3O4. The summed E-state index contributed by atoms with van der Waals surface area (Å²) in [6.07, 6.45) is 2.38. The third-order valence-electron chi connectivity index (χ3n) is 1.53. The van der Waals surface area contributed by atoms with Crippen molar-refractivity contribution in [3.8, 4) is 0 Å². The molecule has 0 fully saturated rings. The molecule has 0 unspecified atom stereocenters. The zero-order chi connectivity index (χ0) is 10.8. The summed E-state index contributed by atoms with van der Waals surface area (Å²) in [5.74, 6) is -0.915. The average molecular weight is 294 g/mol. The lowest BCUT2D eigenvalue weighted by Gasteiger charge is -2.10. The summed E-state index contributed by atoms with van der Waals surface area (Å²) in [6.45, 7) is 2.73. The van der Waals surface area contributed by atoms with Crippen molar-refractivity contribution in [2.24, 2.45) is 10.9 Å². The first-order valence-electron chi connectivity index (χ1n) is 4.55. The van der Waals surface area contributed by atoms with Crippen LogP contribution in [0.4, 0.5) is 0 Å². The van der Waals surface area contributed by atoms with E-state index in [0.717, 1.165) is 0 Å². The molecule has 0 aliphatic heterocycles. The number of carbonyl (C=O) groups is 1. The van der Waals surface area contributed by atoms with E-state index in [2.05, 4.69) is 15.3 Å². The summed E-state index contributed by atoms with van der Waals surface area (Å²) in [5, 5.41) is 14.9. The fourth-order valence-electron chi connectivity index (χ4n) is 0.832. The van der Waals surface area contributed by atoms with Crippen LogP contribution in [-0.4, -0.2) is 42.1 Å². The van der Waals surface area contributed by atoms with Crippen molar-refractivity contribution in [3.05, 3.63) is 0 Å². The van der Waals surface area contributed by atoms with Crippen LogP contribution in [0.25, 0.3) is 0 Å². The number of oxime groups is 1. The van der Waals surface area contributed by atoms with Gasteiger partial charge in [0.1, 0.15) is 19.0 Å². The molecule has 106 valence electrons. The minimum Gasteiger partial charge on any atom is -0.480 e. The number of halogens is 2. The van der Waals surface area contributed by atoms with Crippen LogP contribution >= 0.6 is 24.8 Å². The molecule has 6 N–H and O–H groups in total. The van der Waals surface area contributed by atoms with E-state index in [9.17, 15) is 4.79 Å². The average Bonchev–Trinajstić information content (AvgIpc) is 2.16. The lowest BCUT2D eigenvalue weighted by Crippen LogP contribution is -2.36. The molecule has 0 aliphatic rings. The molecule has 17 heavy (non-hydrogen) atoms. The first-order chi connectivity index (χ1) is 6.72. The van der Waals surface area contributed by atoms with E-state index in [1.54, 1.807) is 6.92 Å². The Balaban J connectivity index is -0.000000282. The number of aliphatic carboxylic acids is 1. The van der Waals surface area contributed by atoms with Crippen molar-refractivity contribution in [2.75, 3.05) is 13.2 Å². The molecule has 0 aromatic carbocycles. The second kappa shape index (κ2) is 17.6. The third-order valence-corrected chi connectivity index (χ3v) is 1.53. The Bertz CT molecular complexity index is 196. The predicted octanol–water partition coefficient (Wildman–Crippen LogP) is -0.233. The van der Waals surface area contributed by atoms with Crippen LogP contribution in [-0.2, 0) is 9.63 Å². The molecule has 1 atom stereocenters. The van der Waals surface area contributed by atoms with E-state index in [4.69, 9.17) is 10.8 Å². The van der Waals surface area contributed by atoms with Crippen molar-refractivity contribution >= 4 is 37.1 Å². The SMILES string of the molecule is CCON=CN[C@@H](CCCN)C(=O)O.Cl.Cl.O. The summed E-state index contributed by atoms with van der Waals surface area (Å²) in [4.78, 5) is 15.3. The van der Waals surface area contributed by atoms with Gasteiger partial charge in [0.05, 0.1) is 0 Å². The van der Waals surface area contributed by atoms with E-state index in [1.165, 1.54) is 6.34 Å². The molecule has 0 bridgehead atoms. The molecule has 0 saturated heterocycles. The molecule has 0 aliphatic carbocycles. The van der Waals surface area contributed by atoms with Crippen molar-refractivity contribution in [3.63, 3.8) is 0 Å². The monoisotopic (exact) mass is 293 g/mol. The van der Waals surface area contributed by atoms with Crippen LogP contribution in [0.3, 0.4) is 0 Å². The maximum absolute atomic E-state index is 10.7. The number of nitrogens with one attached hydrogen (secondary N) is 1. The van der Waals surface area contributed by atoms with Gasteiger partial charge in [-0.05, 0) is 26.3 Å². The van der Waals surface area contributed by atoms with Gasteiger partial charge in [0.15, 0.2) is 0 Å². The Labute approximate surface area is 113 Å². The number of nitrogens with two attached hydrogens (primary N) is 1. The Morgan fingerprint density at radius 3 is 2.59 bits per heavy atom. The number of nitrogens with zero attached hydrogens (tertiary/aromatic N) is 1. The molecule has 7 nitrogen and oxygen atoms in total. The van der Waals surface area contributed by atoms with Gasteiger partial charge in [0.25, 0.3) is 0 Å². The van der Waals surface area contributed by atoms with Crippen molar-refractivity contribution in [1.82, 2.24) is 5.32 Å². The van der Waals surface area contributed by atoms with E-state index < -0.39 is 12.0 Å². The molecule has 0 spiro atoms. The topological polar surface area (TPSA) is 128 Å². The van der Waals surface area contributed by atoms with Crippen LogP contribution in [0.15, 0.2) is 5.16 Å².